The molecule has 4 heterocycles. The van der Waals surface area contributed by atoms with Crippen LogP contribution in [0.15, 0.2) is 30.3 Å². The summed E-state index contributed by atoms with van der Waals surface area (Å²) in [6, 6.07) is 8.54. The van der Waals surface area contributed by atoms with Crippen LogP contribution in [-0.2, 0) is 17.7 Å². The summed E-state index contributed by atoms with van der Waals surface area (Å²) in [7, 11) is 0. The zero-order chi connectivity index (χ0) is 26.4. The van der Waals surface area contributed by atoms with Crippen LogP contribution in [0.25, 0.3) is 22.5 Å². The number of morpholine rings is 1. The second-order valence-electron chi connectivity index (χ2n) is 10.2. The quantitative estimate of drug-likeness (QED) is 0.532. The molecular formula is C28H30F2N6O2. The fraction of sp³-hybridized carbons (Fsp3) is 0.393. The van der Waals surface area contributed by atoms with Crippen LogP contribution in [0.1, 0.15) is 34.8 Å². The summed E-state index contributed by atoms with van der Waals surface area (Å²) >= 11 is 0. The molecule has 198 valence electrons. The molecule has 0 bridgehead atoms. The van der Waals surface area contributed by atoms with E-state index in [4.69, 9.17) is 10.5 Å². The number of ether oxygens (including phenoxy) is 1. The number of hydrogen-bond acceptors (Lipinski definition) is 7. The number of hydrogen-bond donors (Lipinski definition) is 2. The third kappa shape index (κ3) is 4.58. The molecule has 3 N–H and O–H groups in total. The van der Waals surface area contributed by atoms with Crippen molar-refractivity contribution in [2.75, 3.05) is 50.0 Å². The second kappa shape index (κ2) is 9.92. The van der Waals surface area contributed by atoms with Crippen molar-refractivity contribution in [1.82, 2.24) is 20.2 Å². The van der Waals surface area contributed by atoms with Gasteiger partial charge < -0.3 is 20.7 Å². The zero-order valence-electron chi connectivity index (χ0n) is 21.3. The lowest BCUT2D eigenvalue weighted by atomic mass is 9.96. The second-order valence-corrected chi connectivity index (χ2v) is 10.2. The predicted octanol–water partition coefficient (Wildman–Crippen LogP) is 3.39. The first-order valence-corrected chi connectivity index (χ1v) is 13.0. The standard InChI is InChI=1S/C28H30F2N6O2/c1-16-14-36(9-10-38-16)23-4-3-18(11-19(23)15-35-7-2-8-35)24-26(30)34-27(31)25(33-24)21-12-17-5-6-32-28(37)20(17)13-22(21)29/h3-4,11-13,16H,2,5-10,14-15H2,1H3,(H2,31,34)(H,32,37). The molecule has 1 aromatic heterocycles. The Kier molecular flexibility index (Phi) is 6.45. The van der Waals surface area contributed by atoms with E-state index in [2.05, 4.69) is 32.0 Å². The number of aromatic nitrogens is 2. The van der Waals surface area contributed by atoms with Crippen LogP contribution < -0.4 is 16.0 Å². The number of benzene rings is 2. The Bertz CT molecular complexity index is 1410. The number of carbonyl (C=O) groups is 1. The van der Waals surface area contributed by atoms with Crippen LogP contribution in [0, 0.1) is 11.8 Å². The number of anilines is 2. The van der Waals surface area contributed by atoms with Crippen molar-refractivity contribution in [1.29, 1.82) is 0 Å². The summed E-state index contributed by atoms with van der Waals surface area (Å²) in [5.41, 5.74) is 9.91. The highest BCUT2D eigenvalue weighted by Crippen LogP contribution is 2.35. The van der Waals surface area contributed by atoms with E-state index in [1.54, 1.807) is 6.07 Å². The van der Waals surface area contributed by atoms with Gasteiger partial charge in [-0.25, -0.2) is 9.37 Å². The Labute approximate surface area is 219 Å². The molecule has 38 heavy (non-hydrogen) atoms. The number of nitrogens with two attached hydrogens (primary N) is 1. The fourth-order valence-corrected chi connectivity index (χ4v) is 5.42. The average Bonchev–Trinajstić information content (AvgIpc) is 2.87. The van der Waals surface area contributed by atoms with Crippen LogP contribution in [0.3, 0.4) is 0 Å². The molecule has 0 spiro atoms. The van der Waals surface area contributed by atoms with Crippen LogP contribution in [0.5, 0.6) is 0 Å². The number of rotatable bonds is 5. The van der Waals surface area contributed by atoms with Gasteiger partial charge in [0, 0.05) is 48.6 Å². The molecule has 2 fully saturated rings. The van der Waals surface area contributed by atoms with E-state index in [1.807, 2.05) is 18.2 Å². The van der Waals surface area contributed by atoms with Crippen molar-refractivity contribution in [3.05, 3.63) is 58.8 Å². The summed E-state index contributed by atoms with van der Waals surface area (Å²) in [5, 5.41) is 2.71. The smallest absolute Gasteiger partial charge is 0.251 e. The third-order valence-electron chi connectivity index (χ3n) is 7.53. The molecule has 2 saturated heterocycles. The van der Waals surface area contributed by atoms with Crippen LogP contribution >= 0.6 is 0 Å². The number of fused-ring (bicyclic) bond motifs is 1. The number of likely N-dealkylation sites (tertiary alicyclic amines) is 1. The highest BCUT2D eigenvalue weighted by Gasteiger charge is 2.26. The molecule has 0 saturated carbocycles. The molecular weight excluding hydrogens is 490 g/mol. The number of nitrogens with one attached hydrogen (secondary N) is 1. The van der Waals surface area contributed by atoms with Gasteiger partial charge in [0.25, 0.3) is 5.91 Å². The van der Waals surface area contributed by atoms with Crippen molar-refractivity contribution in [3.63, 3.8) is 0 Å². The molecule has 1 atom stereocenters. The van der Waals surface area contributed by atoms with Crippen molar-refractivity contribution in [2.24, 2.45) is 0 Å². The van der Waals surface area contributed by atoms with Gasteiger partial charge in [-0.1, -0.05) is 6.07 Å². The van der Waals surface area contributed by atoms with Crippen LogP contribution in [0.2, 0.25) is 0 Å². The minimum Gasteiger partial charge on any atom is -0.382 e. The van der Waals surface area contributed by atoms with Gasteiger partial charge in [-0.15, -0.1) is 0 Å². The van der Waals surface area contributed by atoms with E-state index < -0.39 is 11.8 Å². The Morgan fingerprint density at radius 1 is 1.11 bits per heavy atom. The van der Waals surface area contributed by atoms with Gasteiger partial charge in [-0.3, -0.25) is 9.69 Å². The van der Waals surface area contributed by atoms with Gasteiger partial charge in [0.2, 0.25) is 5.95 Å². The molecule has 0 radical (unpaired) electrons. The first-order chi connectivity index (χ1) is 18.4. The minimum absolute atomic E-state index is 0.0100. The minimum atomic E-state index is -0.813. The van der Waals surface area contributed by atoms with Gasteiger partial charge in [0.15, 0.2) is 5.82 Å². The molecule has 10 heteroatoms. The van der Waals surface area contributed by atoms with E-state index in [9.17, 15) is 4.79 Å². The van der Waals surface area contributed by atoms with E-state index in [0.29, 0.717) is 30.7 Å². The molecule has 1 amide bonds. The number of halogens is 2. The molecule has 0 aliphatic carbocycles. The molecule has 3 aliphatic rings. The van der Waals surface area contributed by atoms with Gasteiger partial charge in [0.05, 0.1) is 12.7 Å². The van der Waals surface area contributed by atoms with E-state index >= 15 is 8.78 Å². The maximum atomic E-state index is 15.2. The summed E-state index contributed by atoms with van der Waals surface area (Å²) in [5.74, 6) is -1.99. The fourth-order valence-electron chi connectivity index (χ4n) is 5.42. The summed E-state index contributed by atoms with van der Waals surface area (Å²) in [4.78, 5) is 25.2. The Morgan fingerprint density at radius 2 is 1.95 bits per heavy atom. The maximum absolute atomic E-state index is 15.2. The zero-order valence-corrected chi connectivity index (χ0v) is 21.3. The van der Waals surface area contributed by atoms with Gasteiger partial charge in [-0.05, 0) is 68.2 Å². The van der Waals surface area contributed by atoms with Gasteiger partial charge in [0.1, 0.15) is 17.2 Å². The molecule has 3 aromatic rings. The number of nitrogens with zero attached hydrogens (tertiary/aromatic N) is 4. The summed E-state index contributed by atoms with van der Waals surface area (Å²) < 4.78 is 36.1. The molecule has 6 rings (SSSR count). The average molecular weight is 521 g/mol. The first-order valence-electron chi connectivity index (χ1n) is 13.0. The molecule has 3 aliphatic heterocycles. The normalized spacial score (nSPS) is 19.6. The molecule has 2 aromatic carbocycles. The molecule has 8 nitrogen and oxygen atoms in total. The van der Waals surface area contributed by atoms with Crippen molar-refractivity contribution >= 4 is 17.4 Å². The van der Waals surface area contributed by atoms with Crippen LogP contribution in [0.4, 0.5) is 20.3 Å². The monoisotopic (exact) mass is 520 g/mol. The number of carbonyl (C=O) groups excluding carboxylic acids is 1. The van der Waals surface area contributed by atoms with Crippen molar-refractivity contribution in [3.8, 4) is 22.5 Å². The Hall–Kier alpha value is -3.63. The highest BCUT2D eigenvalue weighted by atomic mass is 19.1. The number of nitrogen functional groups attached to an aromatic ring is 1. The Balaban J connectivity index is 1.41. The Morgan fingerprint density at radius 3 is 2.71 bits per heavy atom. The maximum Gasteiger partial charge on any atom is 0.251 e. The third-order valence-corrected chi connectivity index (χ3v) is 7.53. The highest BCUT2D eigenvalue weighted by molar-refractivity contribution is 5.97. The summed E-state index contributed by atoms with van der Waals surface area (Å²) in [6.45, 7) is 7.53. The predicted molar refractivity (Wildman–Crippen MR) is 141 cm³/mol. The number of amides is 1. The van der Waals surface area contributed by atoms with E-state index in [0.717, 1.165) is 44.0 Å². The van der Waals surface area contributed by atoms with E-state index in [1.165, 1.54) is 12.5 Å². The lowest BCUT2D eigenvalue weighted by molar-refractivity contribution is 0.0531. The van der Waals surface area contributed by atoms with Crippen molar-refractivity contribution in [2.45, 2.75) is 32.4 Å². The SMILES string of the molecule is CC1CN(c2ccc(-c3nc(-c4cc5c(cc4F)C(=O)NCC5)c(N)nc3F)cc2CN2CCC2)CCO1. The van der Waals surface area contributed by atoms with E-state index in [-0.39, 0.29) is 40.3 Å². The van der Waals surface area contributed by atoms with Gasteiger partial charge >= 0.3 is 0 Å². The topological polar surface area (TPSA) is 96.6 Å². The van der Waals surface area contributed by atoms with Crippen molar-refractivity contribution < 1.29 is 18.3 Å². The lowest BCUT2D eigenvalue weighted by Crippen LogP contribution is -2.42. The van der Waals surface area contributed by atoms with Gasteiger partial charge in [-0.2, -0.15) is 9.37 Å². The lowest BCUT2D eigenvalue weighted by Gasteiger charge is -2.36. The van der Waals surface area contributed by atoms with Crippen LogP contribution in [-0.4, -0.2) is 66.2 Å². The summed E-state index contributed by atoms with van der Waals surface area (Å²) in [6.07, 6.45) is 1.84. The first kappa shape index (κ1) is 24.7. The molecule has 1 unspecified atom stereocenters. The largest absolute Gasteiger partial charge is 0.382 e.